The number of benzene rings is 2. The molecule has 30 heavy (non-hydrogen) atoms. The van der Waals surface area contributed by atoms with Crippen molar-refractivity contribution in [1.82, 2.24) is 4.90 Å². The normalized spacial score (nSPS) is 19.4. The van der Waals surface area contributed by atoms with E-state index < -0.39 is 6.29 Å². The Morgan fingerprint density at radius 3 is 2.50 bits per heavy atom. The molecule has 2 aromatic carbocycles. The summed E-state index contributed by atoms with van der Waals surface area (Å²) in [6.45, 7) is 9.05. The fourth-order valence-corrected chi connectivity index (χ4v) is 3.75. The van der Waals surface area contributed by atoms with Crippen molar-refractivity contribution >= 4 is 34.9 Å². The van der Waals surface area contributed by atoms with Gasteiger partial charge in [0.25, 0.3) is 0 Å². The van der Waals surface area contributed by atoms with Crippen molar-refractivity contribution in [2.24, 2.45) is 15.7 Å². The first-order valence-electron chi connectivity index (χ1n) is 10.1. The predicted octanol–water partition coefficient (Wildman–Crippen LogP) is 3.48. The first-order valence-corrected chi connectivity index (χ1v) is 10.4. The van der Waals surface area contributed by atoms with Crippen LogP contribution in [0.4, 0.5) is 11.4 Å². The van der Waals surface area contributed by atoms with Gasteiger partial charge in [0, 0.05) is 29.5 Å². The van der Waals surface area contributed by atoms with Gasteiger partial charge in [-0.2, -0.15) is 4.99 Å². The lowest BCUT2D eigenvalue weighted by atomic mass is 10.1. The molecule has 2 aromatic rings. The van der Waals surface area contributed by atoms with Crippen LogP contribution in [0.1, 0.15) is 16.7 Å². The van der Waals surface area contributed by atoms with Crippen LogP contribution in [0.3, 0.4) is 0 Å². The molecule has 1 saturated heterocycles. The van der Waals surface area contributed by atoms with Crippen LogP contribution in [0, 0.1) is 20.8 Å². The molecule has 2 heterocycles. The van der Waals surface area contributed by atoms with Gasteiger partial charge in [-0.3, -0.25) is 4.90 Å². The molecule has 1 atom stereocenters. The highest BCUT2D eigenvalue weighted by Crippen LogP contribution is 2.28. The van der Waals surface area contributed by atoms with E-state index in [9.17, 15) is 0 Å². The third-order valence-corrected chi connectivity index (χ3v) is 5.71. The zero-order valence-corrected chi connectivity index (χ0v) is 18.3. The standard InChI is InChI=1S/C22H27ClN6O/c1-14-5-7-18(12-16(14)3)29-21(25-19-13-17(23)6-4-15(19)2)26-20(24)27-22(29)28-8-10-30-11-9-28/h4-7,12-13,21,25H,8-11H2,1-3H3,(H2,24,26). The van der Waals surface area contributed by atoms with Gasteiger partial charge in [0.1, 0.15) is 0 Å². The van der Waals surface area contributed by atoms with Gasteiger partial charge in [-0.1, -0.05) is 23.7 Å². The van der Waals surface area contributed by atoms with Crippen LogP contribution in [0.15, 0.2) is 46.4 Å². The van der Waals surface area contributed by atoms with Gasteiger partial charge in [0.15, 0.2) is 0 Å². The Kier molecular flexibility index (Phi) is 5.83. The molecule has 0 aromatic heterocycles. The second-order valence-corrected chi connectivity index (χ2v) is 8.05. The molecule has 2 aliphatic rings. The van der Waals surface area contributed by atoms with Crippen molar-refractivity contribution in [1.29, 1.82) is 0 Å². The molecule has 0 radical (unpaired) electrons. The Balaban J connectivity index is 1.76. The van der Waals surface area contributed by atoms with Gasteiger partial charge in [-0.25, -0.2) is 4.99 Å². The van der Waals surface area contributed by atoms with E-state index in [1.54, 1.807) is 0 Å². The molecule has 0 saturated carbocycles. The van der Waals surface area contributed by atoms with Gasteiger partial charge < -0.3 is 20.7 Å². The second-order valence-electron chi connectivity index (χ2n) is 7.61. The summed E-state index contributed by atoms with van der Waals surface area (Å²) in [6, 6.07) is 12.1. The van der Waals surface area contributed by atoms with Crippen molar-refractivity contribution in [3.05, 3.63) is 58.1 Å². The first-order chi connectivity index (χ1) is 14.4. The van der Waals surface area contributed by atoms with E-state index in [-0.39, 0.29) is 5.96 Å². The molecule has 158 valence electrons. The van der Waals surface area contributed by atoms with Gasteiger partial charge in [-0.15, -0.1) is 0 Å². The molecule has 2 aliphatic heterocycles. The van der Waals surface area contributed by atoms with Crippen LogP contribution in [0.25, 0.3) is 0 Å². The lowest BCUT2D eigenvalue weighted by Crippen LogP contribution is -2.57. The highest BCUT2D eigenvalue weighted by molar-refractivity contribution is 6.30. The van der Waals surface area contributed by atoms with Crippen molar-refractivity contribution in [3.63, 3.8) is 0 Å². The lowest BCUT2D eigenvalue weighted by Gasteiger charge is -2.41. The van der Waals surface area contributed by atoms with Crippen LogP contribution in [-0.2, 0) is 4.74 Å². The average Bonchev–Trinajstić information content (AvgIpc) is 2.73. The highest BCUT2D eigenvalue weighted by Gasteiger charge is 2.32. The minimum atomic E-state index is -0.459. The largest absolute Gasteiger partial charge is 0.378 e. The molecule has 7 nitrogen and oxygen atoms in total. The summed E-state index contributed by atoms with van der Waals surface area (Å²) in [5.41, 5.74) is 11.6. The summed E-state index contributed by atoms with van der Waals surface area (Å²) < 4.78 is 5.54. The number of nitrogens with one attached hydrogen (secondary N) is 1. The number of hydrogen-bond acceptors (Lipinski definition) is 7. The molecule has 1 fully saturated rings. The molecule has 1 unspecified atom stereocenters. The van der Waals surface area contributed by atoms with E-state index in [0.29, 0.717) is 18.2 Å². The molecule has 3 N–H and O–H groups in total. The number of aryl methyl sites for hydroxylation is 3. The highest BCUT2D eigenvalue weighted by atomic mass is 35.5. The molecule has 0 spiro atoms. The number of morpholine rings is 1. The Hall–Kier alpha value is -2.77. The summed E-state index contributed by atoms with van der Waals surface area (Å²) in [5, 5.41) is 4.17. The van der Waals surface area contributed by atoms with Gasteiger partial charge >= 0.3 is 0 Å². The molecule has 0 amide bonds. The van der Waals surface area contributed by atoms with Gasteiger partial charge in [-0.05, 0) is 61.7 Å². The minimum absolute atomic E-state index is 0.244. The summed E-state index contributed by atoms with van der Waals surface area (Å²) in [5.74, 6) is 1.01. The van der Waals surface area contributed by atoms with E-state index in [4.69, 9.17) is 22.1 Å². The number of halogens is 1. The number of aliphatic imine (C=N–C) groups is 2. The fourth-order valence-electron chi connectivity index (χ4n) is 3.58. The van der Waals surface area contributed by atoms with Crippen LogP contribution in [0.2, 0.25) is 5.02 Å². The van der Waals surface area contributed by atoms with E-state index in [0.717, 1.165) is 36.0 Å². The van der Waals surface area contributed by atoms with E-state index in [1.165, 1.54) is 11.1 Å². The molecule has 4 rings (SSSR count). The molecular formula is C22H27ClN6O. The Bertz CT molecular complexity index is 999. The predicted molar refractivity (Wildman–Crippen MR) is 123 cm³/mol. The fraction of sp³-hybridized carbons (Fsp3) is 0.364. The summed E-state index contributed by atoms with van der Waals surface area (Å²) in [4.78, 5) is 13.5. The average molecular weight is 427 g/mol. The summed E-state index contributed by atoms with van der Waals surface area (Å²) in [6.07, 6.45) is -0.459. The maximum Gasteiger partial charge on any atom is 0.222 e. The monoisotopic (exact) mass is 426 g/mol. The van der Waals surface area contributed by atoms with Gasteiger partial charge in [0.2, 0.25) is 18.2 Å². The van der Waals surface area contributed by atoms with Crippen LogP contribution in [0.5, 0.6) is 0 Å². The third kappa shape index (κ3) is 4.22. The summed E-state index contributed by atoms with van der Waals surface area (Å²) in [7, 11) is 0. The SMILES string of the molecule is Cc1ccc(N2C(N3CCOCC3)=NC(N)=NC2Nc2cc(Cl)ccc2C)cc1C. The van der Waals surface area contributed by atoms with Crippen LogP contribution < -0.4 is 16.0 Å². The van der Waals surface area contributed by atoms with Crippen molar-refractivity contribution in [2.45, 2.75) is 27.1 Å². The Morgan fingerprint density at radius 1 is 1.03 bits per heavy atom. The summed E-state index contributed by atoms with van der Waals surface area (Å²) >= 11 is 6.25. The number of rotatable bonds is 3. The third-order valence-electron chi connectivity index (χ3n) is 5.48. The van der Waals surface area contributed by atoms with Crippen molar-refractivity contribution < 1.29 is 4.74 Å². The maximum atomic E-state index is 6.25. The Labute approximate surface area is 182 Å². The van der Waals surface area contributed by atoms with Crippen LogP contribution >= 0.6 is 11.6 Å². The van der Waals surface area contributed by atoms with Crippen molar-refractivity contribution in [3.8, 4) is 0 Å². The molecule has 8 heteroatoms. The number of guanidine groups is 2. The number of ether oxygens (including phenoxy) is 1. The zero-order valence-electron chi connectivity index (χ0n) is 17.5. The molecular weight excluding hydrogens is 400 g/mol. The van der Waals surface area contributed by atoms with Gasteiger partial charge in [0.05, 0.1) is 13.2 Å². The molecule has 0 aliphatic carbocycles. The Morgan fingerprint density at radius 2 is 1.77 bits per heavy atom. The zero-order chi connectivity index (χ0) is 21.3. The number of anilines is 2. The second kappa shape index (κ2) is 8.53. The van der Waals surface area contributed by atoms with Crippen LogP contribution in [-0.4, -0.2) is 49.4 Å². The number of nitrogens with two attached hydrogens (primary N) is 1. The topological polar surface area (TPSA) is 78.5 Å². The smallest absolute Gasteiger partial charge is 0.222 e. The lowest BCUT2D eigenvalue weighted by molar-refractivity contribution is 0.0671. The van der Waals surface area contributed by atoms with Crippen molar-refractivity contribution in [2.75, 3.05) is 36.5 Å². The van der Waals surface area contributed by atoms with E-state index in [1.807, 2.05) is 25.1 Å². The molecule has 0 bridgehead atoms. The minimum Gasteiger partial charge on any atom is -0.378 e. The number of nitrogens with zero attached hydrogens (tertiary/aromatic N) is 4. The van der Waals surface area contributed by atoms with E-state index in [2.05, 4.69) is 57.1 Å². The number of hydrogen-bond donors (Lipinski definition) is 2. The maximum absolute atomic E-state index is 6.25. The quantitative estimate of drug-likeness (QED) is 0.785. The first kappa shape index (κ1) is 20.5. The van der Waals surface area contributed by atoms with E-state index >= 15 is 0 Å².